The van der Waals surface area contributed by atoms with E-state index in [0.717, 1.165) is 44.0 Å². The van der Waals surface area contributed by atoms with Crippen molar-refractivity contribution in [3.63, 3.8) is 0 Å². The van der Waals surface area contributed by atoms with Gasteiger partial charge in [0.05, 0.1) is 0 Å². The number of aromatic amines is 1. The molecule has 0 aliphatic carbocycles. The van der Waals surface area contributed by atoms with Crippen molar-refractivity contribution in [2.75, 3.05) is 18.0 Å². The molecule has 1 aliphatic rings. The number of nitrogens with one attached hydrogen (secondary N) is 1. The van der Waals surface area contributed by atoms with Crippen LogP contribution < -0.4 is 9.64 Å². The Hall–Kier alpha value is -1.95. The van der Waals surface area contributed by atoms with E-state index in [9.17, 15) is 0 Å². The van der Waals surface area contributed by atoms with Crippen LogP contribution in [0, 0.1) is 4.64 Å². The van der Waals surface area contributed by atoms with Crippen LogP contribution in [0.15, 0.2) is 30.7 Å². The van der Waals surface area contributed by atoms with Crippen LogP contribution in [0.25, 0.3) is 0 Å². The van der Waals surface area contributed by atoms with Crippen molar-refractivity contribution < 1.29 is 4.74 Å². The van der Waals surface area contributed by atoms with Crippen LogP contribution in [0.5, 0.6) is 5.75 Å². The maximum Gasteiger partial charge on any atom is 0.225 e. The van der Waals surface area contributed by atoms with Crippen LogP contribution in [0.2, 0.25) is 0 Å². The highest BCUT2D eigenvalue weighted by atomic mass is 32.1. The summed E-state index contributed by atoms with van der Waals surface area (Å²) in [6, 6.07) is 3.77. The Morgan fingerprint density at radius 3 is 2.68 bits per heavy atom. The molecule has 0 amide bonds. The molecule has 3 heterocycles. The fraction of sp³-hybridized carbons (Fsp3) is 0.438. The van der Waals surface area contributed by atoms with Gasteiger partial charge >= 0.3 is 0 Å². The molecule has 0 saturated carbocycles. The summed E-state index contributed by atoms with van der Waals surface area (Å²) in [7, 11) is 0. The van der Waals surface area contributed by atoms with Gasteiger partial charge < -0.3 is 14.6 Å². The third kappa shape index (κ3) is 3.62. The maximum atomic E-state index is 6.00. The van der Waals surface area contributed by atoms with Crippen LogP contribution >= 0.6 is 12.2 Å². The van der Waals surface area contributed by atoms with Gasteiger partial charge in [-0.3, -0.25) is 0 Å². The molecule has 6 heteroatoms. The molecule has 0 radical (unpaired) electrons. The van der Waals surface area contributed by atoms with Gasteiger partial charge in [-0.25, -0.2) is 9.97 Å². The highest BCUT2D eigenvalue weighted by molar-refractivity contribution is 7.71. The Kier molecular flexibility index (Phi) is 4.68. The van der Waals surface area contributed by atoms with Gasteiger partial charge in [0.2, 0.25) is 5.95 Å². The van der Waals surface area contributed by atoms with Crippen molar-refractivity contribution in [3.8, 4) is 5.75 Å². The minimum absolute atomic E-state index is 0.225. The zero-order chi connectivity index (χ0) is 15.4. The zero-order valence-corrected chi connectivity index (χ0v) is 13.5. The first-order valence-corrected chi connectivity index (χ1v) is 8.06. The van der Waals surface area contributed by atoms with Crippen molar-refractivity contribution in [2.24, 2.45) is 0 Å². The van der Waals surface area contributed by atoms with Gasteiger partial charge in [0.25, 0.3) is 0 Å². The van der Waals surface area contributed by atoms with E-state index in [-0.39, 0.29) is 6.10 Å². The SMILES string of the molecule is CCc1cnc(N2CCC(Oc3cc[nH]c(=S)c3)CC2)nc1. The molecule has 22 heavy (non-hydrogen) atoms. The van der Waals surface area contributed by atoms with Crippen molar-refractivity contribution in [2.45, 2.75) is 32.3 Å². The number of piperidine rings is 1. The van der Waals surface area contributed by atoms with Crippen LogP contribution in [0.1, 0.15) is 25.3 Å². The molecule has 1 aliphatic heterocycles. The second kappa shape index (κ2) is 6.87. The summed E-state index contributed by atoms with van der Waals surface area (Å²) in [5.41, 5.74) is 1.17. The van der Waals surface area contributed by atoms with Crippen LogP contribution in [0.3, 0.4) is 0 Å². The topological polar surface area (TPSA) is 54.0 Å². The van der Waals surface area contributed by atoms with E-state index in [1.807, 2.05) is 30.7 Å². The minimum Gasteiger partial charge on any atom is -0.490 e. The molecular formula is C16H20N4OS. The van der Waals surface area contributed by atoms with Crippen molar-refractivity contribution in [1.82, 2.24) is 15.0 Å². The summed E-state index contributed by atoms with van der Waals surface area (Å²) in [5.74, 6) is 1.66. The molecule has 2 aromatic heterocycles. The molecular weight excluding hydrogens is 296 g/mol. The molecule has 1 saturated heterocycles. The van der Waals surface area contributed by atoms with E-state index in [0.29, 0.717) is 4.64 Å². The number of ether oxygens (including phenoxy) is 1. The Bertz CT molecular complexity index is 662. The largest absolute Gasteiger partial charge is 0.490 e. The standard InChI is InChI=1S/C16H20N4OS/c1-2-12-10-18-16(19-11-12)20-7-4-13(5-8-20)21-14-3-6-17-15(22)9-14/h3,6,9-11,13H,2,4-5,7-8H2,1H3,(H,17,22). The van der Waals surface area contributed by atoms with E-state index < -0.39 is 0 Å². The summed E-state index contributed by atoms with van der Waals surface area (Å²) in [5, 5.41) is 0. The highest BCUT2D eigenvalue weighted by Crippen LogP contribution is 2.20. The molecule has 0 atom stereocenters. The smallest absolute Gasteiger partial charge is 0.225 e. The lowest BCUT2D eigenvalue weighted by atomic mass is 10.1. The van der Waals surface area contributed by atoms with E-state index >= 15 is 0 Å². The zero-order valence-electron chi connectivity index (χ0n) is 12.7. The van der Waals surface area contributed by atoms with Crippen LogP contribution in [0.4, 0.5) is 5.95 Å². The second-order valence-electron chi connectivity index (χ2n) is 5.44. The van der Waals surface area contributed by atoms with E-state index in [4.69, 9.17) is 17.0 Å². The minimum atomic E-state index is 0.225. The Morgan fingerprint density at radius 1 is 1.32 bits per heavy atom. The van der Waals surface area contributed by atoms with Gasteiger partial charge in [-0.05, 0) is 18.1 Å². The first-order valence-electron chi connectivity index (χ1n) is 7.66. The average molecular weight is 316 g/mol. The number of aryl methyl sites for hydroxylation is 1. The monoisotopic (exact) mass is 316 g/mol. The molecule has 0 unspecified atom stereocenters. The lowest BCUT2D eigenvalue weighted by Gasteiger charge is -2.32. The number of anilines is 1. The van der Waals surface area contributed by atoms with Crippen molar-refractivity contribution in [3.05, 3.63) is 40.9 Å². The fourth-order valence-electron chi connectivity index (χ4n) is 2.56. The number of nitrogens with zero attached hydrogens (tertiary/aromatic N) is 3. The van der Waals surface area contributed by atoms with Gasteiger partial charge in [-0.2, -0.15) is 0 Å². The Labute approximate surface area is 135 Å². The summed E-state index contributed by atoms with van der Waals surface area (Å²) >= 11 is 5.11. The van der Waals surface area contributed by atoms with Crippen LogP contribution in [-0.2, 0) is 6.42 Å². The molecule has 2 aromatic rings. The summed E-state index contributed by atoms with van der Waals surface area (Å²) in [6.07, 6.45) is 8.76. The molecule has 0 spiro atoms. The maximum absolute atomic E-state index is 6.00. The van der Waals surface area contributed by atoms with Crippen LogP contribution in [-0.4, -0.2) is 34.1 Å². The van der Waals surface area contributed by atoms with E-state index in [2.05, 4.69) is 26.8 Å². The predicted octanol–water partition coefficient (Wildman–Crippen LogP) is 3.14. The number of hydrogen-bond acceptors (Lipinski definition) is 5. The normalized spacial score (nSPS) is 15.8. The number of pyridine rings is 1. The first kappa shape index (κ1) is 15.0. The molecule has 5 nitrogen and oxygen atoms in total. The first-order chi connectivity index (χ1) is 10.7. The van der Waals surface area contributed by atoms with Gasteiger partial charge in [0, 0.05) is 50.6 Å². The Balaban J connectivity index is 1.56. The summed E-state index contributed by atoms with van der Waals surface area (Å²) < 4.78 is 6.70. The lowest BCUT2D eigenvalue weighted by molar-refractivity contribution is 0.170. The molecule has 1 N–H and O–H groups in total. The molecule has 3 rings (SSSR count). The lowest BCUT2D eigenvalue weighted by Crippen LogP contribution is -2.39. The number of H-pyrrole nitrogens is 1. The predicted molar refractivity (Wildman–Crippen MR) is 88.9 cm³/mol. The third-order valence-corrected chi connectivity index (χ3v) is 4.11. The number of hydrogen-bond donors (Lipinski definition) is 1. The average Bonchev–Trinajstić information content (AvgIpc) is 2.56. The summed E-state index contributed by atoms with van der Waals surface area (Å²) in [4.78, 5) is 14.1. The van der Waals surface area contributed by atoms with Gasteiger partial charge in [-0.1, -0.05) is 19.1 Å². The number of aromatic nitrogens is 3. The number of rotatable bonds is 4. The van der Waals surface area contributed by atoms with Crippen molar-refractivity contribution >= 4 is 18.2 Å². The van der Waals surface area contributed by atoms with Gasteiger partial charge in [0.15, 0.2) is 0 Å². The highest BCUT2D eigenvalue weighted by Gasteiger charge is 2.22. The van der Waals surface area contributed by atoms with E-state index in [1.54, 1.807) is 0 Å². The quantitative estimate of drug-likeness (QED) is 0.878. The summed E-state index contributed by atoms with van der Waals surface area (Å²) in [6.45, 7) is 3.93. The Morgan fingerprint density at radius 2 is 2.05 bits per heavy atom. The van der Waals surface area contributed by atoms with Gasteiger partial charge in [-0.15, -0.1) is 0 Å². The third-order valence-electron chi connectivity index (χ3n) is 3.87. The molecule has 116 valence electrons. The molecule has 1 fully saturated rings. The molecule has 0 bridgehead atoms. The van der Waals surface area contributed by atoms with E-state index in [1.165, 1.54) is 5.56 Å². The second-order valence-corrected chi connectivity index (χ2v) is 5.88. The molecule has 0 aromatic carbocycles. The fourth-order valence-corrected chi connectivity index (χ4v) is 2.74. The van der Waals surface area contributed by atoms with Gasteiger partial charge in [0.1, 0.15) is 16.5 Å². The van der Waals surface area contributed by atoms with Crippen molar-refractivity contribution in [1.29, 1.82) is 0 Å².